The Bertz CT molecular complexity index is 600. The fraction of sp³-hybridized carbons (Fsp3) is 0.579. The lowest BCUT2D eigenvalue weighted by molar-refractivity contribution is -0.139. The van der Waals surface area contributed by atoms with Crippen molar-refractivity contribution in [2.24, 2.45) is 5.92 Å². The van der Waals surface area contributed by atoms with Crippen molar-refractivity contribution >= 4 is 17.3 Å². The molecule has 0 saturated heterocycles. The number of benzene rings is 1. The summed E-state index contributed by atoms with van der Waals surface area (Å²) in [5.41, 5.74) is 2.05. The Morgan fingerprint density at radius 1 is 1.05 bits per heavy atom. The van der Waals surface area contributed by atoms with Crippen LogP contribution in [0.4, 0.5) is 5.69 Å². The van der Waals surface area contributed by atoms with Gasteiger partial charge < -0.3 is 4.90 Å². The second-order valence-electron chi connectivity index (χ2n) is 7.59. The van der Waals surface area contributed by atoms with E-state index in [1.807, 2.05) is 18.2 Å². The first kappa shape index (κ1) is 15.3. The zero-order chi connectivity index (χ0) is 15.9. The molecule has 2 atom stereocenters. The number of hydrogen-bond donors (Lipinski definition) is 0. The molecule has 118 valence electrons. The number of fused-ring (bicyclic) bond motifs is 2. The fourth-order valence-corrected chi connectivity index (χ4v) is 4.13. The summed E-state index contributed by atoms with van der Waals surface area (Å²) in [5.74, 6) is -0.486. The maximum Gasteiger partial charge on any atom is 0.203 e. The molecule has 0 spiro atoms. The molecule has 22 heavy (non-hydrogen) atoms. The number of para-hydroxylation sites is 1. The van der Waals surface area contributed by atoms with E-state index in [9.17, 15) is 9.59 Å². The Kier molecular flexibility index (Phi) is 3.84. The molecule has 0 radical (unpaired) electrons. The lowest BCUT2D eigenvalue weighted by atomic mass is 9.76. The minimum absolute atomic E-state index is 0.0724. The predicted octanol–water partition coefficient (Wildman–Crippen LogP) is 3.54. The molecule has 0 aromatic heterocycles. The summed E-state index contributed by atoms with van der Waals surface area (Å²) in [6.07, 6.45) is 4.28. The monoisotopic (exact) mass is 299 g/mol. The molecule has 1 aliphatic heterocycles. The van der Waals surface area contributed by atoms with Crippen molar-refractivity contribution in [3.05, 3.63) is 29.8 Å². The van der Waals surface area contributed by atoms with E-state index in [1.165, 1.54) is 0 Å². The number of ketones is 2. The molecule has 1 saturated carbocycles. The van der Waals surface area contributed by atoms with E-state index in [1.54, 1.807) is 0 Å². The number of carbonyl (C=O) groups excluding carboxylic acids is 2. The second kappa shape index (κ2) is 5.53. The molecule has 1 aromatic rings. The van der Waals surface area contributed by atoms with Gasteiger partial charge in [-0.3, -0.25) is 9.59 Å². The van der Waals surface area contributed by atoms with E-state index in [0.717, 1.165) is 36.9 Å². The Morgan fingerprint density at radius 2 is 1.73 bits per heavy atom. The van der Waals surface area contributed by atoms with Crippen LogP contribution in [0, 0.1) is 5.92 Å². The summed E-state index contributed by atoms with van der Waals surface area (Å²) < 4.78 is 0. The van der Waals surface area contributed by atoms with Crippen LogP contribution in [0.3, 0.4) is 0 Å². The van der Waals surface area contributed by atoms with Crippen molar-refractivity contribution in [3.63, 3.8) is 0 Å². The highest BCUT2D eigenvalue weighted by molar-refractivity contribution is 6.38. The van der Waals surface area contributed by atoms with Crippen molar-refractivity contribution < 1.29 is 9.59 Å². The van der Waals surface area contributed by atoms with Crippen molar-refractivity contribution in [2.45, 2.75) is 64.5 Å². The number of carbonyl (C=O) groups is 2. The van der Waals surface area contributed by atoms with Gasteiger partial charge in [-0.05, 0) is 45.2 Å². The third kappa shape index (κ3) is 2.57. The van der Waals surface area contributed by atoms with Gasteiger partial charge in [0.1, 0.15) is 0 Å². The first-order valence-corrected chi connectivity index (χ1v) is 8.34. The van der Waals surface area contributed by atoms with Gasteiger partial charge in [0.2, 0.25) is 11.6 Å². The maximum atomic E-state index is 12.6. The quantitative estimate of drug-likeness (QED) is 0.688. The van der Waals surface area contributed by atoms with Gasteiger partial charge in [-0.25, -0.2) is 0 Å². The van der Waals surface area contributed by atoms with Crippen LogP contribution in [0.15, 0.2) is 24.3 Å². The molecule has 1 heterocycles. The van der Waals surface area contributed by atoms with E-state index in [0.29, 0.717) is 0 Å². The minimum Gasteiger partial charge on any atom is -0.363 e. The van der Waals surface area contributed by atoms with Gasteiger partial charge in [-0.1, -0.05) is 31.0 Å². The Labute approximate surface area is 132 Å². The molecule has 1 aromatic carbocycles. The molecular formula is C19H25NO2. The molecule has 0 bridgehead atoms. The predicted molar refractivity (Wildman–Crippen MR) is 88.1 cm³/mol. The molecule has 1 aliphatic carbocycles. The smallest absolute Gasteiger partial charge is 0.203 e. The topological polar surface area (TPSA) is 37.4 Å². The van der Waals surface area contributed by atoms with Gasteiger partial charge in [0, 0.05) is 29.6 Å². The Hall–Kier alpha value is -1.64. The van der Waals surface area contributed by atoms with Crippen molar-refractivity contribution in [1.29, 1.82) is 0 Å². The van der Waals surface area contributed by atoms with Crippen LogP contribution in [0.5, 0.6) is 0 Å². The van der Waals surface area contributed by atoms with E-state index < -0.39 is 0 Å². The highest BCUT2D eigenvalue weighted by Gasteiger charge is 2.43. The first-order valence-electron chi connectivity index (χ1n) is 8.34. The van der Waals surface area contributed by atoms with Gasteiger partial charge in [-0.2, -0.15) is 0 Å². The summed E-state index contributed by atoms with van der Waals surface area (Å²) in [7, 11) is 0. The second-order valence-corrected chi connectivity index (χ2v) is 7.59. The van der Waals surface area contributed by atoms with Crippen LogP contribution in [0.2, 0.25) is 0 Å². The standard InChI is InChI=1S/C19H25NO2/c1-19(2,3)20-15-10-6-4-8-13(15)12-17(21)18(22)14-9-5-7-11-16(14)20/h4,6,8,10,14,16H,5,7,9,11-12H2,1-3H3. The third-order valence-electron chi connectivity index (χ3n) is 5.00. The molecule has 1 fully saturated rings. The highest BCUT2D eigenvalue weighted by atomic mass is 16.2. The van der Waals surface area contributed by atoms with Gasteiger partial charge in [-0.15, -0.1) is 0 Å². The normalized spacial score (nSPS) is 26.0. The van der Waals surface area contributed by atoms with Gasteiger partial charge in [0.15, 0.2) is 0 Å². The third-order valence-corrected chi connectivity index (χ3v) is 5.00. The molecule has 3 heteroatoms. The molecule has 2 aliphatic rings. The number of anilines is 1. The number of Topliss-reactive ketones (excluding diaryl/α,β-unsaturated/α-hetero) is 2. The van der Waals surface area contributed by atoms with Crippen LogP contribution < -0.4 is 4.90 Å². The van der Waals surface area contributed by atoms with Crippen molar-refractivity contribution in [3.8, 4) is 0 Å². The van der Waals surface area contributed by atoms with Crippen LogP contribution in [-0.2, 0) is 16.0 Å². The van der Waals surface area contributed by atoms with Crippen LogP contribution >= 0.6 is 0 Å². The van der Waals surface area contributed by atoms with E-state index in [-0.39, 0.29) is 35.5 Å². The lowest BCUT2D eigenvalue weighted by Gasteiger charge is -2.49. The fourth-order valence-electron chi connectivity index (χ4n) is 4.13. The molecule has 0 N–H and O–H groups in total. The largest absolute Gasteiger partial charge is 0.363 e. The van der Waals surface area contributed by atoms with Gasteiger partial charge >= 0.3 is 0 Å². The first-order chi connectivity index (χ1) is 10.4. The average Bonchev–Trinajstić information content (AvgIpc) is 2.46. The van der Waals surface area contributed by atoms with E-state index in [2.05, 4.69) is 31.7 Å². The van der Waals surface area contributed by atoms with Gasteiger partial charge in [0.25, 0.3) is 0 Å². The number of nitrogens with zero attached hydrogens (tertiary/aromatic N) is 1. The van der Waals surface area contributed by atoms with Crippen LogP contribution in [0.1, 0.15) is 52.0 Å². The minimum atomic E-state index is -0.210. The van der Waals surface area contributed by atoms with Crippen molar-refractivity contribution in [1.82, 2.24) is 0 Å². The summed E-state index contributed by atoms with van der Waals surface area (Å²) in [4.78, 5) is 27.4. The summed E-state index contributed by atoms with van der Waals surface area (Å²) in [6, 6.07) is 8.23. The Morgan fingerprint density at radius 3 is 2.45 bits per heavy atom. The summed E-state index contributed by atoms with van der Waals surface area (Å²) >= 11 is 0. The molecule has 3 rings (SSSR count). The lowest BCUT2D eigenvalue weighted by Crippen LogP contribution is -2.56. The summed E-state index contributed by atoms with van der Waals surface area (Å²) in [5, 5.41) is 0. The zero-order valence-corrected chi connectivity index (χ0v) is 13.8. The molecular weight excluding hydrogens is 274 g/mol. The SMILES string of the molecule is CC(C)(C)N1c2ccccc2CC(=O)C(=O)C2CCCCC21. The van der Waals surface area contributed by atoms with E-state index >= 15 is 0 Å². The maximum absolute atomic E-state index is 12.6. The number of hydrogen-bond acceptors (Lipinski definition) is 3. The highest BCUT2D eigenvalue weighted by Crippen LogP contribution is 2.40. The van der Waals surface area contributed by atoms with Gasteiger partial charge in [0.05, 0.1) is 0 Å². The van der Waals surface area contributed by atoms with Crippen LogP contribution in [-0.4, -0.2) is 23.1 Å². The van der Waals surface area contributed by atoms with E-state index in [4.69, 9.17) is 0 Å². The van der Waals surface area contributed by atoms with Crippen LogP contribution in [0.25, 0.3) is 0 Å². The number of rotatable bonds is 0. The average molecular weight is 299 g/mol. The molecule has 2 unspecified atom stereocenters. The summed E-state index contributed by atoms with van der Waals surface area (Å²) in [6.45, 7) is 6.59. The molecule has 3 nitrogen and oxygen atoms in total. The van der Waals surface area contributed by atoms with Crippen molar-refractivity contribution in [2.75, 3.05) is 4.90 Å². The molecule has 0 amide bonds. The zero-order valence-electron chi connectivity index (χ0n) is 13.8. The Balaban J connectivity index is 2.17.